The van der Waals surface area contributed by atoms with E-state index in [1.54, 1.807) is 30.3 Å². The van der Waals surface area contributed by atoms with E-state index in [0.717, 1.165) is 11.1 Å². The average Bonchev–Trinajstić information content (AvgIpc) is 3.16. The summed E-state index contributed by atoms with van der Waals surface area (Å²) in [4.78, 5) is 12.7. The van der Waals surface area contributed by atoms with E-state index in [1.165, 1.54) is 7.11 Å². The van der Waals surface area contributed by atoms with Gasteiger partial charge in [-0.25, -0.2) is 13.8 Å². The van der Waals surface area contributed by atoms with Gasteiger partial charge in [0.1, 0.15) is 5.75 Å². The minimum atomic E-state index is -3.86. The molecule has 4 N–H and O–H groups in total. The van der Waals surface area contributed by atoms with Crippen LogP contribution in [0.2, 0.25) is 0 Å². The van der Waals surface area contributed by atoms with Crippen LogP contribution in [0.5, 0.6) is 5.75 Å². The SMILES string of the molecule is COc1ccc(NS(=O)(=O)C2NNCC2C(=O)Nc2ccc(C)c(C)c2)cc1. The molecule has 150 valence electrons. The monoisotopic (exact) mass is 404 g/mol. The van der Waals surface area contributed by atoms with Gasteiger partial charge in [-0.15, -0.1) is 0 Å². The van der Waals surface area contributed by atoms with Crippen molar-refractivity contribution in [1.29, 1.82) is 0 Å². The molecule has 0 spiro atoms. The molecule has 8 nitrogen and oxygen atoms in total. The van der Waals surface area contributed by atoms with Crippen LogP contribution < -0.4 is 25.6 Å². The summed E-state index contributed by atoms with van der Waals surface area (Å²) in [6.45, 7) is 4.14. The van der Waals surface area contributed by atoms with E-state index < -0.39 is 21.3 Å². The summed E-state index contributed by atoms with van der Waals surface area (Å²) in [7, 11) is -2.33. The lowest BCUT2D eigenvalue weighted by molar-refractivity contribution is -0.119. The van der Waals surface area contributed by atoms with Crippen LogP contribution >= 0.6 is 0 Å². The minimum Gasteiger partial charge on any atom is -0.497 e. The number of ether oxygens (including phenoxy) is 1. The lowest BCUT2D eigenvalue weighted by Gasteiger charge is -2.20. The summed E-state index contributed by atoms with van der Waals surface area (Å²) in [5, 5.41) is 1.70. The molecule has 1 amide bonds. The van der Waals surface area contributed by atoms with Crippen LogP contribution in [0.25, 0.3) is 0 Å². The van der Waals surface area contributed by atoms with Crippen molar-refractivity contribution >= 4 is 27.3 Å². The van der Waals surface area contributed by atoms with E-state index in [1.807, 2.05) is 26.0 Å². The quantitative estimate of drug-likeness (QED) is 0.584. The van der Waals surface area contributed by atoms with Gasteiger partial charge in [0.05, 0.1) is 13.0 Å². The van der Waals surface area contributed by atoms with Crippen molar-refractivity contribution in [2.75, 3.05) is 23.7 Å². The number of carbonyl (C=O) groups is 1. The maximum Gasteiger partial charge on any atom is 0.250 e. The lowest BCUT2D eigenvalue weighted by atomic mass is 10.1. The second-order valence-electron chi connectivity index (χ2n) is 6.72. The molecule has 1 fully saturated rings. The Morgan fingerprint density at radius 3 is 2.39 bits per heavy atom. The summed E-state index contributed by atoms with van der Waals surface area (Å²) < 4.78 is 33.2. The average molecular weight is 404 g/mol. The zero-order valence-corrected chi connectivity index (χ0v) is 16.8. The molecule has 1 aliphatic heterocycles. The molecule has 1 heterocycles. The van der Waals surface area contributed by atoms with E-state index >= 15 is 0 Å². The van der Waals surface area contributed by atoms with Crippen molar-refractivity contribution in [3.8, 4) is 5.75 Å². The molecule has 3 rings (SSSR count). The van der Waals surface area contributed by atoms with E-state index in [-0.39, 0.29) is 12.5 Å². The number of anilines is 2. The van der Waals surface area contributed by atoms with Gasteiger partial charge < -0.3 is 10.1 Å². The van der Waals surface area contributed by atoms with Crippen LogP contribution in [0.3, 0.4) is 0 Å². The van der Waals surface area contributed by atoms with E-state index in [0.29, 0.717) is 17.1 Å². The molecular formula is C19H24N4O4S. The van der Waals surface area contributed by atoms with Gasteiger partial charge in [0.2, 0.25) is 5.91 Å². The van der Waals surface area contributed by atoms with Gasteiger partial charge in [-0.2, -0.15) is 0 Å². The van der Waals surface area contributed by atoms with Gasteiger partial charge in [0, 0.05) is 17.9 Å². The van der Waals surface area contributed by atoms with Crippen molar-refractivity contribution < 1.29 is 17.9 Å². The standard InChI is InChI=1S/C19H24N4O4S/c1-12-4-5-15(10-13(12)2)21-18(24)17-11-20-22-19(17)28(25,26)23-14-6-8-16(27-3)9-7-14/h4-10,17,19-20,22-23H,11H2,1-3H3,(H,21,24). The Labute approximate surface area is 164 Å². The second kappa shape index (κ2) is 8.17. The molecule has 28 heavy (non-hydrogen) atoms. The number of rotatable bonds is 6. The number of nitrogens with one attached hydrogen (secondary N) is 4. The Balaban J connectivity index is 1.72. The Kier molecular flexibility index (Phi) is 5.87. The minimum absolute atomic E-state index is 0.199. The Bertz CT molecular complexity index is 960. The molecule has 1 saturated heterocycles. The third-order valence-corrected chi connectivity index (χ3v) is 6.36. The summed E-state index contributed by atoms with van der Waals surface area (Å²) in [6, 6.07) is 12.1. The van der Waals surface area contributed by atoms with Gasteiger partial charge in [-0.05, 0) is 61.4 Å². The zero-order valence-electron chi connectivity index (χ0n) is 15.9. The van der Waals surface area contributed by atoms with E-state index in [9.17, 15) is 13.2 Å². The van der Waals surface area contributed by atoms with Gasteiger partial charge in [0.15, 0.2) is 5.37 Å². The molecule has 2 aromatic carbocycles. The molecule has 2 aromatic rings. The maximum atomic E-state index is 12.8. The molecule has 9 heteroatoms. The first-order valence-electron chi connectivity index (χ1n) is 8.82. The smallest absolute Gasteiger partial charge is 0.250 e. The third kappa shape index (κ3) is 4.44. The van der Waals surface area contributed by atoms with Crippen molar-refractivity contribution in [1.82, 2.24) is 10.9 Å². The van der Waals surface area contributed by atoms with Crippen LogP contribution in [0.4, 0.5) is 11.4 Å². The van der Waals surface area contributed by atoms with Crippen LogP contribution in [-0.2, 0) is 14.8 Å². The zero-order chi connectivity index (χ0) is 20.3. The van der Waals surface area contributed by atoms with Crippen molar-refractivity contribution in [3.05, 3.63) is 53.6 Å². The second-order valence-corrected chi connectivity index (χ2v) is 8.52. The molecule has 0 aliphatic carbocycles. The normalized spacial score (nSPS) is 19.2. The number of sulfonamides is 1. The fourth-order valence-corrected chi connectivity index (χ4v) is 4.42. The van der Waals surface area contributed by atoms with Crippen molar-refractivity contribution in [3.63, 3.8) is 0 Å². The number of amides is 1. The predicted molar refractivity (Wildman–Crippen MR) is 108 cm³/mol. The third-order valence-electron chi connectivity index (χ3n) is 4.73. The van der Waals surface area contributed by atoms with Crippen LogP contribution in [0.1, 0.15) is 11.1 Å². The fourth-order valence-electron chi connectivity index (χ4n) is 2.94. The predicted octanol–water partition coefficient (Wildman–Crippen LogP) is 1.74. The first-order valence-corrected chi connectivity index (χ1v) is 10.4. The highest BCUT2D eigenvalue weighted by Gasteiger charge is 2.41. The topological polar surface area (TPSA) is 109 Å². The Hall–Kier alpha value is -2.62. The molecule has 2 atom stereocenters. The van der Waals surface area contributed by atoms with E-state index in [2.05, 4.69) is 20.9 Å². The van der Waals surface area contributed by atoms with Crippen LogP contribution in [-0.4, -0.2) is 33.4 Å². The van der Waals surface area contributed by atoms with Crippen molar-refractivity contribution in [2.45, 2.75) is 19.2 Å². The molecule has 1 aliphatic rings. The summed E-state index contributed by atoms with van der Waals surface area (Å²) >= 11 is 0. The number of hydrazine groups is 1. The van der Waals surface area contributed by atoms with Crippen LogP contribution in [0.15, 0.2) is 42.5 Å². The summed E-state index contributed by atoms with van der Waals surface area (Å²) in [5.41, 5.74) is 8.65. The van der Waals surface area contributed by atoms with Gasteiger partial charge in [0.25, 0.3) is 10.0 Å². The molecule has 0 radical (unpaired) electrons. The fraction of sp³-hybridized carbons (Fsp3) is 0.316. The number of methoxy groups -OCH3 is 1. The highest BCUT2D eigenvalue weighted by Crippen LogP contribution is 2.22. The molecule has 0 saturated carbocycles. The number of hydrogen-bond acceptors (Lipinski definition) is 6. The molecular weight excluding hydrogens is 380 g/mol. The van der Waals surface area contributed by atoms with E-state index in [4.69, 9.17) is 4.74 Å². The van der Waals surface area contributed by atoms with Gasteiger partial charge in [-0.3, -0.25) is 14.9 Å². The summed E-state index contributed by atoms with van der Waals surface area (Å²) in [6.07, 6.45) is 0. The molecule has 2 unspecified atom stereocenters. The van der Waals surface area contributed by atoms with Crippen molar-refractivity contribution in [2.24, 2.45) is 5.92 Å². The first kappa shape index (κ1) is 20.1. The number of hydrogen-bond donors (Lipinski definition) is 4. The Morgan fingerprint density at radius 1 is 1.07 bits per heavy atom. The largest absolute Gasteiger partial charge is 0.497 e. The first-order chi connectivity index (χ1) is 13.3. The molecule has 0 aromatic heterocycles. The lowest BCUT2D eigenvalue weighted by Crippen LogP contribution is -2.45. The maximum absolute atomic E-state index is 12.8. The number of carbonyl (C=O) groups excluding carboxylic acids is 1. The van der Waals surface area contributed by atoms with Gasteiger partial charge in [-0.1, -0.05) is 6.07 Å². The highest BCUT2D eigenvalue weighted by molar-refractivity contribution is 7.93. The highest BCUT2D eigenvalue weighted by atomic mass is 32.2. The van der Waals surface area contributed by atoms with Crippen LogP contribution in [0, 0.1) is 19.8 Å². The Morgan fingerprint density at radius 2 is 1.75 bits per heavy atom. The number of aryl methyl sites for hydroxylation is 2. The number of benzene rings is 2. The summed E-state index contributed by atoms with van der Waals surface area (Å²) in [5.74, 6) is -0.544. The van der Waals surface area contributed by atoms with Gasteiger partial charge >= 0.3 is 0 Å². The molecule has 0 bridgehead atoms.